The van der Waals surface area contributed by atoms with Crippen molar-refractivity contribution >= 4 is 11.8 Å². The molecule has 2 atom stereocenters. The van der Waals surface area contributed by atoms with Gasteiger partial charge in [-0.05, 0) is 31.6 Å². The fraction of sp³-hybridized carbons (Fsp3) is 0.857. The molecule has 4 nitrogen and oxygen atoms in total. The molecule has 2 fully saturated rings. The Bertz CT molecular complexity index is 337. The summed E-state index contributed by atoms with van der Waals surface area (Å²) >= 11 is 0. The Morgan fingerprint density at radius 1 is 1.33 bits per heavy atom. The molecule has 2 unspecified atom stereocenters. The van der Waals surface area contributed by atoms with Gasteiger partial charge in [0.15, 0.2) is 0 Å². The lowest BCUT2D eigenvalue weighted by atomic mass is 9.84. The van der Waals surface area contributed by atoms with E-state index < -0.39 is 0 Å². The van der Waals surface area contributed by atoms with E-state index in [0.717, 1.165) is 6.54 Å². The first-order valence-electron chi connectivity index (χ1n) is 7.09. The van der Waals surface area contributed by atoms with Crippen molar-refractivity contribution < 1.29 is 9.59 Å². The molecule has 0 aromatic heterocycles. The highest BCUT2D eigenvalue weighted by molar-refractivity contribution is 5.90. The minimum absolute atomic E-state index is 0.00524. The van der Waals surface area contributed by atoms with E-state index in [-0.39, 0.29) is 29.8 Å². The number of rotatable bonds is 3. The van der Waals surface area contributed by atoms with Crippen molar-refractivity contribution in [3.05, 3.63) is 0 Å². The van der Waals surface area contributed by atoms with Gasteiger partial charge in [0.2, 0.25) is 11.8 Å². The van der Waals surface area contributed by atoms with Crippen LogP contribution in [0.25, 0.3) is 0 Å². The van der Waals surface area contributed by atoms with Crippen molar-refractivity contribution in [1.29, 1.82) is 0 Å². The quantitative estimate of drug-likeness (QED) is 0.828. The standard InChI is InChI=1S/C14H24N2O2/c1-9(2)13-14(18)16(8-11-5-4-6-11)10(3)7-12(17)15-13/h9-11,13H,4-8H2,1-3H3,(H,15,17). The first kappa shape index (κ1) is 13.4. The first-order chi connectivity index (χ1) is 8.49. The lowest BCUT2D eigenvalue weighted by molar-refractivity contribution is -0.137. The molecule has 18 heavy (non-hydrogen) atoms. The third kappa shape index (κ3) is 2.68. The van der Waals surface area contributed by atoms with E-state index in [1.165, 1.54) is 19.3 Å². The summed E-state index contributed by atoms with van der Waals surface area (Å²) in [4.78, 5) is 26.2. The van der Waals surface area contributed by atoms with Gasteiger partial charge >= 0.3 is 0 Å². The van der Waals surface area contributed by atoms with E-state index in [4.69, 9.17) is 0 Å². The largest absolute Gasteiger partial charge is 0.344 e. The van der Waals surface area contributed by atoms with Gasteiger partial charge in [-0.3, -0.25) is 9.59 Å². The number of nitrogens with zero attached hydrogens (tertiary/aromatic N) is 1. The van der Waals surface area contributed by atoms with Crippen LogP contribution in [-0.4, -0.2) is 35.3 Å². The molecule has 1 saturated heterocycles. The molecular weight excluding hydrogens is 228 g/mol. The maximum Gasteiger partial charge on any atom is 0.245 e. The lowest BCUT2D eigenvalue weighted by Crippen LogP contribution is -2.50. The monoisotopic (exact) mass is 252 g/mol. The molecule has 2 aliphatic rings. The minimum atomic E-state index is -0.345. The SMILES string of the molecule is CC(C)C1NC(=O)CC(C)N(CC2CCC2)C1=O. The Kier molecular flexibility index (Phi) is 3.93. The maximum atomic E-state index is 12.5. The summed E-state index contributed by atoms with van der Waals surface area (Å²) in [7, 11) is 0. The summed E-state index contributed by atoms with van der Waals surface area (Å²) in [6, 6.07) is -0.315. The number of hydrogen-bond acceptors (Lipinski definition) is 2. The Labute approximate surface area is 109 Å². The second-order valence-corrected chi connectivity index (χ2v) is 6.13. The summed E-state index contributed by atoms with van der Waals surface area (Å²) < 4.78 is 0. The molecule has 1 aliphatic heterocycles. The Morgan fingerprint density at radius 2 is 2.00 bits per heavy atom. The summed E-state index contributed by atoms with van der Waals surface area (Å²) in [6.07, 6.45) is 4.17. The number of carbonyl (C=O) groups excluding carboxylic acids is 2. The van der Waals surface area contributed by atoms with Crippen LogP contribution in [0.5, 0.6) is 0 Å². The average Bonchev–Trinajstić information content (AvgIpc) is 2.32. The molecule has 2 amide bonds. The van der Waals surface area contributed by atoms with Crippen molar-refractivity contribution in [2.75, 3.05) is 6.54 Å². The number of amides is 2. The van der Waals surface area contributed by atoms with Gasteiger partial charge in [0.25, 0.3) is 0 Å². The van der Waals surface area contributed by atoms with E-state index in [1.54, 1.807) is 0 Å². The van der Waals surface area contributed by atoms with E-state index in [1.807, 2.05) is 25.7 Å². The molecule has 0 radical (unpaired) electrons. The molecule has 0 spiro atoms. The average molecular weight is 252 g/mol. The topological polar surface area (TPSA) is 49.4 Å². The van der Waals surface area contributed by atoms with Crippen molar-refractivity contribution in [3.8, 4) is 0 Å². The molecule has 102 valence electrons. The second kappa shape index (κ2) is 5.29. The maximum absolute atomic E-state index is 12.5. The number of carbonyl (C=O) groups is 2. The molecule has 1 N–H and O–H groups in total. The number of hydrogen-bond donors (Lipinski definition) is 1. The van der Waals surface area contributed by atoms with Crippen molar-refractivity contribution in [3.63, 3.8) is 0 Å². The summed E-state index contributed by atoms with van der Waals surface area (Å²) in [5.74, 6) is 0.911. The van der Waals surface area contributed by atoms with E-state index in [9.17, 15) is 9.59 Å². The normalized spacial score (nSPS) is 30.1. The van der Waals surface area contributed by atoms with Crippen LogP contribution in [0.3, 0.4) is 0 Å². The van der Waals surface area contributed by atoms with Crippen LogP contribution in [0.1, 0.15) is 46.5 Å². The molecule has 1 aliphatic carbocycles. The van der Waals surface area contributed by atoms with Crippen LogP contribution >= 0.6 is 0 Å². The van der Waals surface area contributed by atoms with Gasteiger partial charge in [-0.1, -0.05) is 20.3 Å². The zero-order valence-electron chi connectivity index (χ0n) is 11.6. The van der Waals surface area contributed by atoms with Crippen molar-refractivity contribution in [2.24, 2.45) is 11.8 Å². The summed E-state index contributed by atoms with van der Waals surface area (Å²) in [5.41, 5.74) is 0. The van der Waals surface area contributed by atoms with Gasteiger partial charge in [-0.15, -0.1) is 0 Å². The predicted molar refractivity (Wildman–Crippen MR) is 69.9 cm³/mol. The van der Waals surface area contributed by atoms with E-state index in [0.29, 0.717) is 12.3 Å². The zero-order chi connectivity index (χ0) is 13.3. The predicted octanol–water partition coefficient (Wildman–Crippen LogP) is 1.55. The highest BCUT2D eigenvalue weighted by Crippen LogP contribution is 2.29. The van der Waals surface area contributed by atoms with Crippen molar-refractivity contribution in [2.45, 2.75) is 58.5 Å². The molecule has 4 heteroatoms. The second-order valence-electron chi connectivity index (χ2n) is 6.13. The van der Waals surface area contributed by atoms with Gasteiger partial charge in [0.1, 0.15) is 6.04 Å². The summed E-state index contributed by atoms with van der Waals surface area (Å²) in [6.45, 7) is 6.79. The van der Waals surface area contributed by atoms with E-state index in [2.05, 4.69) is 5.32 Å². The van der Waals surface area contributed by atoms with E-state index >= 15 is 0 Å². The Balaban J connectivity index is 2.12. The molecule has 0 aromatic carbocycles. The molecule has 0 bridgehead atoms. The van der Waals surface area contributed by atoms with Gasteiger partial charge in [0, 0.05) is 19.0 Å². The van der Waals surface area contributed by atoms with Crippen LogP contribution in [0.2, 0.25) is 0 Å². The Hall–Kier alpha value is -1.06. The fourth-order valence-electron chi connectivity index (χ4n) is 2.74. The first-order valence-corrected chi connectivity index (χ1v) is 7.09. The van der Waals surface area contributed by atoms with Gasteiger partial charge < -0.3 is 10.2 Å². The highest BCUT2D eigenvalue weighted by Gasteiger charge is 2.37. The summed E-state index contributed by atoms with van der Waals surface area (Å²) in [5, 5.41) is 2.87. The Morgan fingerprint density at radius 3 is 2.50 bits per heavy atom. The van der Waals surface area contributed by atoms with Gasteiger partial charge in [-0.2, -0.15) is 0 Å². The zero-order valence-corrected chi connectivity index (χ0v) is 11.6. The van der Waals surface area contributed by atoms with Crippen LogP contribution in [-0.2, 0) is 9.59 Å². The van der Waals surface area contributed by atoms with Crippen LogP contribution in [0.15, 0.2) is 0 Å². The molecular formula is C14H24N2O2. The van der Waals surface area contributed by atoms with Crippen molar-refractivity contribution in [1.82, 2.24) is 10.2 Å². The lowest BCUT2D eigenvalue weighted by Gasteiger charge is -2.36. The third-order valence-electron chi connectivity index (χ3n) is 4.22. The number of nitrogens with one attached hydrogen (secondary N) is 1. The van der Waals surface area contributed by atoms with Crippen LogP contribution in [0, 0.1) is 11.8 Å². The fourth-order valence-corrected chi connectivity index (χ4v) is 2.74. The molecule has 1 saturated carbocycles. The molecule has 0 aromatic rings. The third-order valence-corrected chi connectivity index (χ3v) is 4.22. The van der Waals surface area contributed by atoms with Gasteiger partial charge in [0.05, 0.1) is 0 Å². The minimum Gasteiger partial charge on any atom is -0.344 e. The smallest absolute Gasteiger partial charge is 0.245 e. The van der Waals surface area contributed by atoms with Crippen LogP contribution < -0.4 is 5.32 Å². The molecule has 1 heterocycles. The van der Waals surface area contributed by atoms with Gasteiger partial charge in [-0.25, -0.2) is 0 Å². The molecule has 2 rings (SSSR count). The van der Waals surface area contributed by atoms with Crippen LogP contribution in [0.4, 0.5) is 0 Å². The highest BCUT2D eigenvalue weighted by atomic mass is 16.2.